The molecule has 0 aliphatic rings. The molecule has 0 aliphatic heterocycles. The molecule has 18 heavy (non-hydrogen) atoms. The summed E-state index contributed by atoms with van der Waals surface area (Å²) in [5.41, 5.74) is 0.510. The summed E-state index contributed by atoms with van der Waals surface area (Å²) in [4.78, 5) is 11.8. The Morgan fingerprint density at radius 2 is 2.17 bits per heavy atom. The number of nitrogen functional groups attached to an aromatic ring is 1. The van der Waals surface area contributed by atoms with Crippen LogP contribution in [0.5, 0.6) is 0 Å². The first-order valence-corrected chi connectivity index (χ1v) is 6.05. The summed E-state index contributed by atoms with van der Waals surface area (Å²) in [6, 6.07) is 5.02. The van der Waals surface area contributed by atoms with Gasteiger partial charge in [0.2, 0.25) is 4.77 Å². The summed E-state index contributed by atoms with van der Waals surface area (Å²) in [5, 5.41) is 7.35. The van der Waals surface area contributed by atoms with Gasteiger partial charge >= 0.3 is 0 Å². The van der Waals surface area contributed by atoms with Crippen molar-refractivity contribution in [3.8, 4) is 0 Å². The van der Waals surface area contributed by atoms with Crippen LogP contribution in [0, 0.1) is 4.77 Å². The van der Waals surface area contributed by atoms with Crippen molar-refractivity contribution in [1.82, 2.24) is 14.9 Å². The summed E-state index contributed by atoms with van der Waals surface area (Å²) in [7, 11) is 0. The molecular formula is C10H8Cl2N4OS. The van der Waals surface area contributed by atoms with Crippen molar-refractivity contribution < 1.29 is 0 Å². The molecule has 0 aliphatic carbocycles. The Balaban J connectivity index is 2.44. The number of hydrogen-bond donors (Lipinski definition) is 2. The van der Waals surface area contributed by atoms with Gasteiger partial charge in [-0.2, -0.15) is 9.77 Å². The Hall–Kier alpha value is -1.37. The van der Waals surface area contributed by atoms with Crippen LogP contribution in [0.2, 0.25) is 10.0 Å². The van der Waals surface area contributed by atoms with Gasteiger partial charge in [-0.05, 0) is 29.9 Å². The van der Waals surface area contributed by atoms with E-state index in [9.17, 15) is 4.79 Å². The smallest absolute Gasteiger partial charge is 0.295 e. The van der Waals surface area contributed by atoms with Gasteiger partial charge in [-0.3, -0.25) is 9.89 Å². The van der Waals surface area contributed by atoms with Gasteiger partial charge in [0.05, 0.1) is 0 Å². The van der Waals surface area contributed by atoms with Crippen LogP contribution in [0.4, 0.5) is 0 Å². The van der Waals surface area contributed by atoms with Gasteiger partial charge in [-0.15, -0.1) is 0 Å². The van der Waals surface area contributed by atoms with Gasteiger partial charge in [0.25, 0.3) is 5.56 Å². The van der Waals surface area contributed by atoms with Crippen molar-refractivity contribution in [1.29, 1.82) is 0 Å². The molecule has 0 atom stereocenters. The maximum atomic E-state index is 11.8. The number of nitrogens with zero attached hydrogens (tertiary/aromatic N) is 2. The van der Waals surface area contributed by atoms with E-state index in [-0.39, 0.29) is 16.9 Å². The molecule has 1 heterocycles. The Morgan fingerprint density at radius 1 is 1.44 bits per heavy atom. The quantitative estimate of drug-likeness (QED) is 0.656. The fourth-order valence-corrected chi connectivity index (χ4v) is 2.01. The topological polar surface area (TPSA) is 76.7 Å². The van der Waals surface area contributed by atoms with E-state index in [4.69, 9.17) is 41.3 Å². The molecule has 0 saturated carbocycles. The maximum Gasteiger partial charge on any atom is 0.295 e. The molecule has 0 radical (unpaired) electrons. The third-order valence-corrected chi connectivity index (χ3v) is 3.22. The molecule has 1 aromatic heterocycles. The molecule has 94 valence electrons. The van der Waals surface area contributed by atoms with E-state index in [1.54, 1.807) is 18.2 Å². The van der Waals surface area contributed by atoms with Gasteiger partial charge in [0.15, 0.2) is 0 Å². The van der Waals surface area contributed by atoms with E-state index in [0.717, 1.165) is 10.2 Å². The van der Waals surface area contributed by atoms with Crippen LogP contribution in [0.25, 0.3) is 0 Å². The highest BCUT2D eigenvalue weighted by molar-refractivity contribution is 7.71. The molecule has 1 aromatic carbocycles. The number of H-pyrrole nitrogens is 1. The van der Waals surface area contributed by atoms with Crippen molar-refractivity contribution in [2.45, 2.75) is 6.42 Å². The first-order valence-electron chi connectivity index (χ1n) is 4.88. The molecule has 0 spiro atoms. The minimum absolute atomic E-state index is 0.0611. The zero-order chi connectivity index (χ0) is 13.3. The molecule has 3 N–H and O–H groups in total. The summed E-state index contributed by atoms with van der Waals surface area (Å²) < 4.78 is 0.896. The second kappa shape index (κ2) is 5.09. The van der Waals surface area contributed by atoms with Crippen LogP contribution in [0.1, 0.15) is 11.3 Å². The van der Waals surface area contributed by atoms with Crippen LogP contribution < -0.4 is 11.4 Å². The number of hydrogen-bond acceptors (Lipinski definition) is 4. The Morgan fingerprint density at radius 3 is 2.83 bits per heavy atom. The Labute approximate surface area is 117 Å². The highest BCUT2D eigenvalue weighted by Crippen LogP contribution is 2.22. The van der Waals surface area contributed by atoms with Crippen molar-refractivity contribution in [3.63, 3.8) is 0 Å². The third kappa shape index (κ3) is 2.55. The number of rotatable bonds is 2. The van der Waals surface area contributed by atoms with Crippen molar-refractivity contribution in [2.75, 3.05) is 5.84 Å². The first kappa shape index (κ1) is 13.1. The highest BCUT2D eigenvalue weighted by Gasteiger charge is 2.09. The standard InChI is InChI=1S/C10H8Cl2N4OS/c11-6-2-1-5(7(12)4-6)3-8-9(17)16(13)10(18)15-14-8/h1-2,4H,3,13H2,(H,15,18). The fourth-order valence-electron chi connectivity index (χ4n) is 1.41. The summed E-state index contributed by atoms with van der Waals surface area (Å²) in [6.45, 7) is 0. The van der Waals surface area contributed by atoms with E-state index < -0.39 is 5.56 Å². The molecule has 0 fully saturated rings. The van der Waals surface area contributed by atoms with E-state index in [1.165, 1.54) is 0 Å². The molecular weight excluding hydrogens is 295 g/mol. The lowest BCUT2D eigenvalue weighted by atomic mass is 10.1. The average molecular weight is 303 g/mol. The monoisotopic (exact) mass is 302 g/mol. The summed E-state index contributed by atoms with van der Waals surface area (Å²) in [5.74, 6) is 5.47. The molecule has 0 bridgehead atoms. The molecule has 2 rings (SSSR count). The first-order chi connectivity index (χ1) is 8.49. The number of benzene rings is 1. The van der Waals surface area contributed by atoms with Gasteiger partial charge in [0.1, 0.15) is 5.69 Å². The lowest BCUT2D eigenvalue weighted by molar-refractivity contribution is 0.759. The number of aromatic nitrogens is 3. The number of aromatic amines is 1. The van der Waals surface area contributed by atoms with Gasteiger partial charge in [0, 0.05) is 16.5 Å². The van der Waals surface area contributed by atoms with Crippen molar-refractivity contribution >= 4 is 35.4 Å². The molecule has 2 aromatic rings. The van der Waals surface area contributed by atoms with E-state index in [2.05, 4.69) is 10.2 Å². The zero-order valence-corrected chi connectivity index (χ0v) is 11.3. The summed E-state index contributed by atoms with van der Waals surface area (Å²) >= 11 is 16.6. The van der Waals surface area contributed by atoms with Crippen LogP contribution in [0.15, 0.2) is 23.0 Å². The number of nitrogens with one attached hydrogen (secondary N) is 1. The second-order valence-corrected chi connectivity index (χ2v) is 4.79. The predicted molar refractivity (Wildman–Crippen MR) is 73.1 cm³/mol. The van der Waals surface area contributed by atoms with Crippen LogP contribution >= 0.6 is 35.4 Å². The predicted octanol–water partition coefficient (Wildman–Crippen LogP) is 1.91. The molecule has 0 unspecified atom stereocenters. The number of halogens is 2. The van der Waals surface area contributed by atoms with Crippen LogP contribution in [0.3, 0.4) is 0 Å². The SMILES string of the molecule is Nn1c(=S)[nH]nc(Cc2ccc(Cl)cc2Cl)c1=O. The van der Waals surface area contributed by atoms with Gasteiger partial charge in [-0.25, -0.2) is 0 Å². The van der Waals surface area contributed by atoms with Gasteiger partial charge < -0.3 is 5.84 Å². The fraction of sp³-hybridized carbons (Fsp3) is 0.100. The minimum Gasteiger partial charge on any atom is -0.334 e. The van der Waals surface area contributed by atoms with Crippen LogP contribution in [-0.4, -0.2) is 14.9 Å². The van der Waals surface area contributed by atoms with E-state index in [1.807, 2.05) is 0 Å². The molecule has 8 heteroatoms. The lowest BCUT2D eigenvalue weighted by Crippen LogP contribution is -2.32. The van der Waals surface area contributed by atoms with Gasteiger partial charge in [-0.1, -0.05) is 29.3 Å². The number of nitrogens with two attached hydrogens (primary N) is 1. The third-order valence-electron chi connectivity index (χ3n) is 2.34. The Kier molecular flexibility index (Phi) is 3.70. The van der Waals surface area contributed by atoms with Crippen LogP contribution in [-0.2, 0) is 6.42 Å². The highest BCUT2D eigenvalue weighted by atomic mass is 35.5. The maximum absolute atomic E-state index is 11.8. The second-order valence-electron chi connectivity index (χ2n) is 3.56. The lowest BCUT2D eigenvalue weighted by Gasteiger charge is -2.05. The van der Waals surface area contributed by atoms with Crippen molar-refractivity contribution in [2.24, 2.45) is 0 Å². The minimum atomic E-state index is -0.454. The van der Waals surface area contributed by atoms with E-state index >= 15 is 0 Å². The molecule has 0 amide bonds. The van der Waals surface area contributed by atoms with Crippen molar-refractivity contribution in [3.05, 3.63) is 54.6 Å². The van der Waals surface area contributed by atoms with E-state index in [0.29, 0.717) is 10.0 Å². The molecule has 0 saturated heterocycles. The summed E-state index contributed by atoms with van der Waals surface area (Å²) in [6.07, 6.45) is 0.248. The zero-order valence-electron chi connectivity index (χ0n) is 8.98. The normalized spacial score (nSPS) is 10.6. The average Bonchev–Trinajstić information content (AvgIpc) is 2.33. The largest absolute Gasteiger partial charge is 0.334 e. The molecule has 5 nitrogen and oxygen atoms in total. The Bertz CT molecular complexity index is 710.